The van der Waals surface area contributed by atoms with E-state index in [9.17, 15) is 4.79 Å². The molecule has 1 aromatic carbocycles. The van der Waals surface area contributed by atoms with Crippen molar-refractivity contribution in [3.63, 3.8) is 0 Å². The Morgan fingerprint density at radius 2 is 2.05 bits per heavy atom. The number of benzene rings is 1. The highest BCUT2D eigenvalue weighted by atomic mass is 16.5. The Balaban J connectivity index is 1.95. The molecule has 3 rings (SSSR count). The molecular formula is C17H20N2O2. The van der Waals surface area contributed by atoms with Crippen molar-refractivity contribution >= 4 is 5.97 Å². The lowest BCUT2D eigenvalue weighted by Crippen LogP contribution is -2.49. The number of methoxy groups -OCH3 is 1. The maximum Gasteiger partial charge on any atom is 0.310 e. The van der Waals surface area contributed by atoms with Crippen molar-refractivity contribution in [2.45, 2.75) is 37.3 Å². The van der Waals surface area contributed by atoms with Gasteiger partial charge in [0, 0.05) is 18.0 Å². The van der Waals surface area contributed by atoms with Crippen molar-refractivity contribution in [3.05, 3.63) is 35.4 Å². The van der Waals surface area contributed by atoms with Crippen LogP contribution in [0.2, 0.25) is 0 Å². The summed E-state index contributed by atoms with van der Waals surface area (Å²) < 4.78 is 5.07. The smallest absolute Gasteiger partial charge is 0.310 e. The van der Waals surface area contributed by atoms with E-state index in [0.717, 1.165) is 24.8 Å². The quantitative estimate of drug-likeness (QED) is 0.782. The summed E-state index contributed by atoms with van der Waals surface area (Å²) in [4.78, 5) is 14.7. The molecule has 2 aliphatic rings. The summed E-state index contributed by atoms with van der Waals surface area (Å²) in [7, 11) is 3.59. The van der Waals surface area contributed by atoms with Gasteiger partial charge in [-0.25, -0.2) is 0 Å². The molecule has 0 N–H and O–H groups in total. The number of piperidine rings is 1. The predicted molar refractivity (Wildman–Crippen MR) is 78.6 cm³/mol. The molecule has 2 fully saturated rings. The zero-order valence-electron chi connectivity index (χ0n) is 12.5. The lowest BCUT2D eigenvalue weighted by molar-refractivity contribution is -0.150. The van der Waals surface area contributed by atoms with E-state index in [-0.39, 0.29) is 23.8 Å². The van der Waals surface area contributed by atoms with Gasteiger partial charge in [-0.15, -0.1) is 0 Å². The fourth-order valence-corrected chi connectivity index (χ4v) is 4.07. The largest absolute Gasteiger partial charge is 0.469 e. The first-order chi connectivity index (χ1) is 10.2. The maximum atomic E-state index is 12.3. The highest BCUT2D eigenvalue weighted by molar-refractivity contribution is 5.75. The number of hydrogen-bond acceptors (Lipinski definition) is 4. The number of nitriles is 1. The average molecular weight is 284 g/mol. The van der Waals surface area contributed by atoms with Gasteiger partial charge >= 0.3 is 5.97 Å². The van der Waals surface area contributed by atoms with Crippen LogP contribution in [0.3, 0.4) is 0 Å². The van der Waals surface area contributed by atoms with E-state index in [4.69, 9.17) is 10.00 Å². The Morgan fingerprint density at radius 1 is 1.33 bits per heavy atom. The Morgan fingerprint density at radius 3 is 2.67 bits per heavy atom. The Labute approximate surface area is 125 Å². The first-order valence-electron chi connectivity index (χ1n) is 7.45. The Kier molecular flexibility index (Phi) is 3.69. The number of ether oxygens (including phenoxy) is 1. The highest BCUT2D eigenvalue weighted by Gasteiger charge is 2.49. The molecule has 2 heterocycles. The van der Waals surface area contributed by atoms with E-state index >= 15 is 0 Å². The van der Waals surface area contributed by atoms with E-state index in [0.29, 0.717) is 11.6 Å². The van der Waals surface area contributed by atoms with E-state index in [2.05, 4.69) is 18.0 Å². The van der Waals surface area contributed by atoms with Crippen LogP contribution in [-0.2, 0) is 9.53 Å². The van der Waals surface area contributed by atoms with Crippen LogP contribution < -0.4 is 0 Å². The molecule has 4 atom stereocenters. The molecule has 2 bridgehead atoms. The number of esters is 1. The third-order valence-corrected chi connectivity index (χ3v) is 5.21. The van der Waals surface area contributed by atoms with Gasteiger partial charge in [0.05, 0.1) is 24.7 Å². The average Bonchev–Trinajstić information content (AvgIpc) is 2.76. The van der Waals surface area contributed by atoms with Crippen LogP contribution in [0.15, 0.2) is 24.3 Å². The van der Waals surface area contributed by atoms with Gasteiger partial charge in [0.1, 0.15) is 0 Å². The van der Waals surface area contributed by atoms with Crippen LogP contribution in [-0.4, -0.2) is 37.1 Å². The van der Waals surface area contributed by atoms with Crippen LogP contribution in [0.4, 0.5) is 0 Å². The van der Waals surface area contributed by atoms with Crippen molar-refractivity contribution < 1.29 is 9.53 Å². The van der Waals surface area contributed by atoms with Gasteiger partial charge in [-0.1, -0.05) is 12.1 Å². The summed E-state index contributed by atoms with van der Waals surface area (Å²) in [5, 5.41) is 8.92. The van der Waals surface area contributed by atoms with Gasteiger partial charge in [-0.3, -0.25) is 9.69 Å². The molecule has 0 aliphatic carbocycles. The van der Waals surface area contributed by atoms with Gasteiger partial charge in [-0.05, 0) is 44.0 Å². The predicted octanol–water partition coefficient (Wildman–Crippen LogP) is 2.30. The maximum absolute atomic E-state index is 12.3. The van der Waals surface area contributed by atoms with Crippen molar-refractivity contribution in [2.75, 3.05) is 14.2 Å². The minimum absolute atomic E-state index is 0.105. The number of hydrogen-bond donors (Lipinski definition) is 0. The van der Waals surface area contributed by atoms with Crippen molar-refractivity contribution in [1.29, 1.82) is 5.26 Å². The molecule has 2 aliphatic heterocycles. The first-order valence-corrected chi connectivity index (χ1v) is 7.45. The minimum Gasteiger partial charge on any atom is -0.469 e. The van der Waals surface area contributed by atoms with E-state index in [1.165, 1.54) is 7.11 Å². The van der Waals surface area contributed by atoms with E-state index in [1.54, 1.807) is 0 Å². The molecule has 4 nitrogen and oxygen atoms in total. The van der Waals surface area contributed by atoms with Crippen LogP contribution in [0, 0.1) is 17.2 Å². The molecule has 0 radical (unpaired) electrons. The molecule has 0 aromatic heterocycles. The standard InChI is InChI=1S/C17H20N2O2/c1-19-13-7-8-15(19)16(17(20)21-2)14(9-13)12-5-3-11(10-18)4-6-12/h3-6,13-16H,7-9H2,1-2H3. The van der Waals surface area contributed by atoms with Gasteiger partial charge in [0.2, 0.25) is 0 Å². The number of fused-ring (bicyclic) bond motifs is 2. The molecule has 0 saturated carbocycles. The fraction of sp³-hybridized carbons (Fsp3) is 0.529. The third-order valence-electron chi connectivity index (χ3n) is 5.21. The number of nitrogens with zero attached hydrogens (tertiary/aromatic N) is 2. The summed E-state index contributed by atoms with van der Waals surface area (Å²) in [6, 6.07) is 10.6. The van der Waals surface area contributed by atoms with Gasteiger partial charge in [0.15, 0.2) is 0 Å². The number of rotatable bonds is 2. The van der Waals surface area contributed by atoms with Crippen LogP contribution >= 0.6 is 0 Å². The summed E-state index contributed by atoms with van der Waals surface area (Å²) in [6.45, 7) is 0. The van der Waals surface area contributed by atoms with Gasteiger partial charge in [-0.2, -0.15) is 5.26 Å². The molecule has 4 unspecified atom stereocenters. The number of carbonyl (C=O) groups excluding carboxylic acids is 1. The van der Waals surface area contributed by atoms with E-state index in [1.807, 2.05) is 24.3 Å². The summed E-state index contributed by atoms with van der Waals surface area (Å²) in [6.07, 6.45) is 3.20. The second-order valence-electron chi connectivity index (χ2n) is 6.09. The molecule has 0 amide bonds. The molecule has 2 saturated heterocycles. The first kappa shape index (κ1) is 14.1. The zero-order valence-corrected chi connectivity index (χ0v) is 12.5. The summed E-state index contributed by atoms with van der Waals surface area (Å²) >= 11 is 0. The zero-order chi connectivity index (χ0) is 15.0. The van der Waals surface area contributed by atoms with E-state index < -0.39 is 0 Å². The summed E-state index contributed by atoms with van der Waals surface area (Å²) in [5.74, 6) is -0.0212. The van der Waals surface area contributed by atoms with Crippen molar-refractivity contribution in [2.24, 2.45) is 5.92 Å². The second kappa shape index (κ2) is 5.50. The molecule has 110 valence electrons. The monoisotopic (exact) mass is 284 g/mol. The van der Waals surface area contributed by atoms with Crippen LogP contribution in [0.1, 0.15) is 36.3 Å². The molecular weight excluding hydrogens is 264 g/mol. The third kappa shape index (κ3) is 2.32. The van der Waals surface area contributed by atoms with Crippen LogP contribution in [0.5, 0.6) is 0 Å². The van der Waals surface area contributed by atoms with Crippen molar-refractivity contribution in [3.8, 4) is 6.07 Å². The molecule has 0 spiro atoms. The summed E-state index contributed by atoms with van der Waals surface area (Å²) in [5.41, 5.74) is 1.80. The normalized spacial score (nSPS) is 31.7. The molecule has 4 heteroatoms. The Hall–Kier alpha value is -1.86. The lowest BCUT2D eigenvalue weighted by atomic mass is 9.76. The minimum atomic E-state index is -0.110. The molecule has 1 aromatic rings. The van der Waals surface area contributed by atoms with Gasteiger partial charge < -0.3 is 4.74 Å². The SMILES string of the molecule is COC(=O)C1C(c2ccc(C#N)cc2)CC2CCC1N2C. The topological polar surface area (TPSA) is 53.3 Å². The second-order valence-corrected chi connectivity index (χ2v) is 6.09. The lowest BCUT2D eigenvalue weighted by Gasteiger charge is -2.41. The number of carbonyl (C=O) groups is 1. The van der Waals surface area contributed by atoms with Gasteiger partial charge in [0.25, 0.3) is 0 Å². The fourth-order valence-electron chi connectivity index (χ4n) is 4.07. The Bertz CT molecular complexity index is 575. The van der Waals surface area contributed by atoms with Crippen molar-refractivity contribution in [1.82, 2.24) is 4.90 Å². The molecule has 21 heavy (non-hydrogen) atoms. The van der Waals surface area contributed by atoms with Crippen LogP contribution in [0.25, 0.3) is 0 Å². The highest BCUT2D eigenvalue weighted by Crippen LogP contribution is 2.46.